The standard InChI is InChI=1S/C25H29ClN8O2/c1-4-33(5-2)11-10-29-23(35)18-13-30-19(15(18)3)12-17-20-21(26)31-25(27)32-22(20)34(24(17)36)14-16-8-6-7-9-28-16/h6-9,12-13,30H,4-5,10-11,14H2,1-3H3,(H,29,35)(H2,27,31,32)/b17-12-. The van der Waals surface area contributed by atoms with E-state index in [4.69, 9.17) is 17.3 Å². The summed E-state index contributed by atoms with van der Waals surface area (Å²) in [6.45, 7) is 9.38. The Kier molecular flexibility index (Phi) is 7.66. The molecule has 0 aromatic carbocycles. The number of anilines is 2. The largest absolute Gasteiger partial charge is 0.368 e. The van der Waals surface area contributed by atoms with Crippen LogP contribution in [0, 0.1) is 6.92 Å². The number of nitrogen functional groups attached to an aromatic ring is 1. The molecule has 0 fully saturated rings. The number of nitrogens with two attached hydrogens (primary N) is 1. The summed E-state index contributed by atoms with van der Waals surface area (Å²) in [7, 11) is 0. The number of carbonyl (C=O) groups is 2. The molecule has 188 valence electrons. The number of H-pyrrole nitrogens is 1. The van der Waals surface area contributed by atoms with Crippen LogP contribution in [0.25, 0.3) is 11.6 Å². The molecule has 0 unspecified atom stereocenters. The summed E-state index contributed by atoms with van der Waals surface area (Å²) >= 11 is 6.43. The molecule has 4 heterocycles. The molecule has 1 aliphatic rings. The van der Waals surface area contributed by atoms with Gasteiger partial charge in [0.25, 0.3) is 11.8 Å². The van der Waals surface area contributed by atoms with Crippen LogP contribution in [0.1, 0.15) is 46.7 Å². The van der Waals surface area contributed by atoms with Gasteiger partial charge in [0, 0.05) is 31.2 Å². The summed E-state index contributed by atoms with van der Waals surface area (Å²) < 4.78 is 0. The fourth-order valence-electron chi connectivity index (χ4n) is 4.15. The van der Waals surface area contributed by atoms with Gasteiger partial charge in [0.05, 0.1) is 28.9 Å². The molecule has 4 rings (SSSR count). The highest BCUT2D eigenvalue weighted by Gasteiger charge is 2.37. The first kappa shape index (κ1) is 25.3. The average molecular weight is 509 g/mol. The van der Waals surface area contributed by atoms with Crippen molar-refractivity contribution in [3.63, 3.8) is 0 Å². The third-order valence-corrected chi connectivity index (χ3v) is 6.50. The number of aromatic amines is 1. The Hall–Kier alpha value is -3.76. The number of likely N-dealkylation sites (N-methyl/N-ethyl adjacent to an activating group) is 1. The van der Waals surface area contributed by atoms with E-state index in [1.165, 1.54) is 4.90 Å². The van der Waals surface area contributed by atoms with E-state index in [0.29, 0.717) is 46.0 Å². The molecule has 0 atom stereocenters. The first-order chi connectivity index (χ1) is 17.3. The Morgan fingerprint density at radius 1 is 1.28 bits per heavy atom. The zero-order valence-electron chi connectivity index (χ0n) is 20.5. The van der Waals surface area contributed by atoms with Gasteiger partial charge >= 0.3 is 0 Å². The minimum Gasteiger partial charge on any atom is -0.368 e. The molecule has 36 heavy (non-hydrogen) atoms. The van der Waals surface area contributed by atoms with Crippen molar-refractivity contribution >= 4 is 46.8 Å². The normalized spacial score (nSPS) is 14.1. The van der Waals surface area contributed by atoms with Crippen molar-refractivity contribution < 1.29 is 9.59 Å². The zero-order valence-corrected chi connectivity index (χ0v) is 21.3. The summed E-state index contributed by atoms with van der Waals surface area (Å²) in [6, 6.07) is 5.47. The Bertz CT molecular complexity index is 1300. The van der Waals surface area contributed by atoms with E-state index in [0.717, 1.165) is 19.6 Å². The number of rotatable bonds is 9. The van der Waals surface area contributed by atoms with Crippen molar-refractivity contribution in [1.82, 2.24) is 30.2 Å². The van der Waals surface area contributed by atoms with Crippen molar-refractivity contribution in [1.29, 1.82) is 0 Å². The molecule has 3 aromatic rings. The lowest BCUT2D eigenvalue weighted by molar-refractivity contribution is -0.113. The molecule has 0 spiro atoms. The molecule has 0 bridgehead atoms. The van der Waals surface area contributed by atoms with Gasteiger partial charge in [-0.15, -0.1) is 0 Å². The number of amides is 2. The SMILES string of the molecule is CCN(CC)CCNC(=O)c1c[nH]c(/C=C2\C(=O)N(Cc3ccccn3)c3nc(N)nc(Cl)c32)c1C. The van der Waals surface area contributed by atoms with Crippen LogP contribution >= 0.6 is 11.6 Å². The molecule has 0 saturated heterocycles. The highest BCUT2D eigenvalue weighted by Crippen LogP contribution is 2.41. The lowest BCUT2D eigenvalue weighted by atomic mass is 10.1. The van der Waals surface area contributed by atoms with E-state index >= 15 is 0 Å². The van der Waals surface area contributed by atoms with Crippen molar-refractivity contribution in [2.45, 2.75) is 27.3 Å². The van der Waals surface area contributed by atoms with Crippen LogP contribution in [0.15, 0.2) is 30.6 Å². The lowest BCUT2D eigenvalue weighted by Crippen LogP contribution is -2.34. The number of hydrogen-bond acceptors (Lipinski definition) is 7. The van der Waals surface area contributed by atoms with Crippen molar-refractivity contribution in [3.05, 3.63) is 63.8 Å². The minimum atomic E-state index is -0.309. The molecular formula is C25H29ClN8O2. The van der Waals surface area contributed by atoms with Gasteiger partial charge in [-0.2, -0.15) is 4.98 Å². The fourth-order valence-corrected chi connectivity index (χ4v) is 4.42. The predicted molar refractivity (Wildman–Crippen MR) is 140 cm³/mol. The Balaban J connectivity index is 1.62. The van der Waals surface area contributed by atoms with E-state index in [9.17, 15) is 9.59 Å². The van der Waals surface area contributed by atoms with Gasteiger partial charge in [0.2, 0.25) is 5.95 Å². The lowest BCUT2D eigenvalue weighted by Gasteiger charge is -2.17. The summed E-state index contributed by atoms with van der Waals surface area (Å²) in [6.07, 6.45) is 4.97. The molecule has 1 aliphatic heterocycles. The van der Waals surface area contributed by atoms with E-state index < -0.39 is 0 Å². The second-order valence-corrected chi connectivity index (χ2v) is 8.72. The molecule has 11 heteroatoms. The number of aromatic nitrogens is 4. The van der Waals surface area contributed by atoms with Crippen LogP contribution in [0.3, 0.4) is 0 Å². The van der Waals surface area contributed by atoms with Gasteiger partial charge in [0.1, 0.15) is 5.15 Å². The third-order valence-electron chi connectivity index (χ3n) is 6.23. The number of nitrogens with zero attached hydrogens (tertiary/aromatic N) is 5. The van der Waals surface area contributed by atoms with Crippen LogP contribution < -0.4 is 16.0 Å². The molecule has 0 aliphatic carbocycles. The second-order valence-electron chi connectivity index (χ2n) is 8.37. The number of nitrogens with one attached hydrogen (secondary N) is 2. The van der Waals surface area contributed by atoms with Crippen LogP contribution in [-0.2, 0) is 11.3 Å². The van der Waals surface area contributed by atoms with Crippen LogP contribution in [0.5, 0.6) is 0 Å². The van der Waals surface area contributed by atoms with E-state index in [2.05, 4.69) is 44.0 Å². The first-order valence-corrected chi connectivity index (χ1v) is 12.2. The third kappa shape index (κ3) is 5.09. The maximum atomic E-state index is 13.5. The van der Waals surface area contributed by atoms with Gasteiger partial charge in [-0.25, -0.2) is 4.98 Å². The predicted octanol–water partition coefficient (Wildman–Crippen LogP) is 2.90. The van der Waals surface area contributed by atoms with Gasteiger partial charge in [-0.1, -0.05) is 31.5 Å². The van der Waals surface area contributed by atoms with E-state index in [1.807, 2.05) is 19.1 Å². The number of carbonyl (C=O) groups excluding carboxylic acids is 2. The summed E-state index contributed by atoms with van der Waals surface area (Å²) in [5, 5.41) is 3.04. The summed E-state index contributed by atoms with van der Waals surface area (Å²) in [5.74, 6) is -0.187. The van der Waals surface area contributed by atoms with E-state index in [-0.39, 0.29) is 29.5 Å². The highest BCUT2D eigenvalue weighted by molar-refractivity contribution is 6.41. The van der Waals surface area contributed by atoms with Crippen molar-refractivity contribution in [2.75, 3.05) is 36.8 Å². The maximum absolute atomic E-state index is 13.5. The number of fused-ring (bicyclic) bond motifs is 1. The van der Waals surface area contributed by atoms with Crippen LogP contribution in [0.4, 0.5) is 11.8 Å². The number of hydrogen-bond donors (Lipinski definition) is 3. The molecule has 0 radical (unpaired) electrons. The van der Waals surface area contributed by atoms with Gasteiger partial charge in [-0.3, -0.25) is 19.5 Å². The van der Waals surface area contributed by atoms with Crippen molar-refractivity contribution in [3.8, 4) is 0 Å². The van der Waals surface area contributed by atoms with Crippen LogP contribution in [0.2, 0.25) is 5.15 Å². The average Bonchev–Trinajstić information content (AvgIpc) is 3.35. The fraction of sp³-hybridized carbons (Fsp3) is 0.320. The zero-order chi connectivity index (χ0) is 25.8. The van der Waals surface area contributed by atoms with Crippen LogP contribution in [-0.4, -0.2) is 62.8 Å². The summed E-state index contributed by atoms with van der Waals surface area (Å²) in [5.41, 5.74) is 9.07. The Morgan fingerprint density at radius 3 is 2.75 bits per heavy atom. The minimum absolute atomic E-state index is 0.0291. The quantitative estimate of drug-likeness (QED) is 0.299. The number of pyridine rings is 1. The second kappa shape index (κ2) is 10.9. The molecule has 2 amide bonds. The smallest absolute Gasteiger partial charge is 0.260 e. The molecule has 0 saturated carbocycles. The highest BCUT2D eigenvalue weighted by atomic mass is 35.5. The maximum Gasteiger partial charge on any atom is 0.260 e. The topological polar surface area (TPSA) is 133 Å². The molecule has 4 N–H and O–H groups in total. The molecule has 10 nitrogen and oxygen atoms in total. The van der Waals surface area contributed by atoms with Gasteiger partial charge in [-0.05, 0) is 43.8 Å². The molecular weight excluding hydrogens is 480 g/mol. The monoisotopic (exact) mass is 508 g/mol. The molecule has 3 aromatic heterocycles. The van der Waals surface area contributed by atoms with E-state index in [1.54, 1.807) is 24.5 Å². The Morgan fingerprint density at radius 2 is 2.06 bits per heavy atom. The van der Waals surface area contributed by atoms with Crippen molar-refractivity contribution in [2.24, 2.45) is 0 Å². The number of halogens is 1. The summed E-state index contributed by atoms with van der Waals surface area (Å²) in [4.78, 5) is 45.8. The Labute approximate surface area is 214 Å². The van der Waals surface area contributed by atoms with Gasteiger partial charge in [0.15, 0.2) is 5.82 Å². The first-order valence-electron chi connectivity index (χ1n) is 11.8. The van der Waals surface area contributed by atoms with Gasteiger partial charge < -0.3 is 20.9 Å².